The van der Waals surface area contributed by atoms with Gasteiger partial charge in [-0.1, -0.05) is 12.1 Å². The van der Waals surface area contributed by atoms with Gasteiger partial charge in [-0.2, -0.15) is 4.80 Å². The number of carbonyl (C=O) groups excluding carboxylic acids is 1. The molecular formula is C22H19FN4O3. The van der Waals surface area contributed by atoms with E-state index in [1.807, 2.05) is 31.2 Å². The van der Waals surface area contributed by atoms with Crippen LogP contribution >= 0.6 is 0 Å². The smallest absolute Gasteiger partial charge is 0.262 e. The second-order valence-electron chi connectivity index (χ2n) is 6.39. The third kappa shape index (κ3) is 4.38. The van der Waals surface area contributed by atoms with Crippen LogP contribution in [0.4, 0.5) is 10.1 Å². The molecule has 3 aromatic carbocycles. The standard InChI is InChI=1S/C22H19FN4O3/c1-2-29-17-10-8-16(9-11-17)27-25-19-12-7-15(13-20(19)26-27)24-22(28)14-30-21-6-4-3-5-18(21)23/h3-13H,2,14H2,1H3,(H,24,28). The van der Waals surface area contributed by atoms with Gasteiger partial charge in [-0.15, -0.1) is 10.2 Å². The number of para-hydroxylation sites is 1. The van der Waals surface area contributed by atoms with Crippen molar-refractivity contribution in [1.29, 1.82) is 0 Å². The molecule has 0 radical (unpaired) electrons. The van der Waals surface area contributed by atoms with Crippen molar-refractivity contribution in [2.45, 2.75) is 6.92 Å². The summed E-state index contributed by atoms with van der Waals surface area (Å²) < 4.78 is 24.2. The quantitative estimate of drug-likeness (QED) is 0.502. The maximum atomic E-state index is 13.6. The van der Waals surface area contributed by atoms with E-state index in [2.05, 4.69) is 15.5 Å². The fourth-order valence-corrected chi connectivity index (χ4v) is 2.85. The fraction of sp³-hybridized carbons (Fsp3) is 0.136. The average Bonchev–Trinajstić information content (AvgIpc) is 3.17. The number of anilines is 1. The Bertz CT molecular complexity index is 1170. The molecule has 0 saturated heterocycles. The third-order valence-electron chi connectivity index (χ3n) is 4.24. The van der Waals surface area contributed by atoms with Gasteiger partial charge in [-0.25, -0.2) is 4.39 Å². The van der Waals surface area contributed by atoms with Crippen molar-refractivity contribution in [3.63, 3.8) is 0 Å². The van der Waals surface area contributed by atoms with Gasteiger partial charge in [-0.3, -0.25) is 4.79 Å². The zero-order chi connectivity index (χ0) is 20.9. The summed E-state index contributed by atoms with van der Waals surface area (Å²) in [5, 5.41) is 11.6. The highest BCUT2D eigenvalue weighted by Gasteiger charge is 2.10. The predicted molar refractivity (Wildman–Crippen MR) is 111 cm³/mol. The SMILES string of the molecule is CCOc1ccc(-n2nc3ccc(NC(=O)COc4ccccc4F)cc3n2)cc1. The minimum absolute atomic E-state index is 0.0291. The first-order valence-electron chi connectivity index (χ1n) is 9.40. The molecule has 0 bridgehead atoms. The van der Waals surface area contributed by atoms with E-state index in [0.29, 0.717) is 23.3 Å². The van der Waals surface area contributed by atoms with Gasteiger partial charge in [0.2, 0.25) is 0 Å². The summed E-state index contributed by atoms with van der Waals surface area (Å²) in [5.41, 5.74) is 2.64. The molecule has 30 heavy (non-hydrogen) atoms. The van der Waals surface area contributed by atoms with E-state index in [1.54, 1.807) is 30.3 Å². The van der Waals surface area contributed by atoms with Gasteiger partial charge in [-0.05, 0) is 61.5 Å². The van der Waals surface area contributed by atoms with Crippen molar-refractivity contribution in [3.05, 3.63) is 72.5 Å². The van der Waals surface area contributed by atoms with Crippen LogP contribution < -0.4 is 14.8 Å². The molecule has 152 valence electrons. The lowest BCUT2D eigenvalue weighted by molar-refractivity contribution is -0.118. The van der Waals surface area contributed by atoms with Crippen molar-refractivity contribution in [2.24, 2.45) is 0 Å². The Morgan fingerprint density at radius 1 is 1.00 bits per heavy atom. The van der Waals surface area contributed by atoms with Crippen molar-refractivity contribution in [2.75, 3.05) is 18.5 Å². The van der Waals surface area contributed by atoms with E-state index in [9.17, 15) is 9.18 Å². The highest BCUT2D eigenvalue weighted by atomic mass is 19.1. The zero-order valence-electron chi connectivity index (χ0n) is 16.2. The summed E-state index contributed by atoms with van der Waals surface area (Å²) in [6, 6.07) is 18.6. The lowest BCUT2D eigenvalue weighted by atomic mass is 10.3. The summed E-state index contributed by atoms with van der Waals surface area (Å²) >= 11 is 0. The predicted octanol–water partition coefficient (Wildman–Crippen LogP) is 3.98. The largest absolute Gasteiger partial charge is 0.494 e. The van der Waals surface area contributed by atoms with E-state index in [1.165, 1.54) is 16.9 Å². The van der Waals surface area contributed by atoms with Gasteiger partial charge in [0.25, 0.3) is 5.91 Å². The van der Waals surface area contributed by atoms with E-state index in [4.69, 9.17) is 9.47 Å². The summed E-state index contributed by atoms with van der Waals surface area (Å²) in [6.07, 6.45) is 0. The number of aromatic nitrogens is 3. The molecule has 1 aromatic heterocycles. The average molecular weight is 406 g/mol. The number of carbonyl (C=O) groups is 1. The molecule has 0 atom stereocenters. The minimum atomic E-state index is -0.516. The third-order valence-corrected chi connectivity index (χ3v) is 4.24. The second kappa shape index (κ2) is 8.60. The van der Waals surface area contributed by atoms with Gasteiger partial charge in [0.1, 0.15) is 16.8 Å². The van der Waals surface area contributed by atoms with Crippen LogP contribution in [0.15, 0.2) is 66.7 Å². The summed E-state index contributed by atoms with van der Waals surface area (Å²) in [4.78, 5) is 13.7. The van der Waals surface area contributed by atoms with E-state index < -0.39 is 11.7 Å². The van der Waals surface area contributed by atoms with Crippen LogP contribution in [0.25, 0.3) is 16.7 Å². The number of hydrogen-bond acceptors (Lipinski definition) is 5. The van der Waals surface area contributed by atoms with E-state index in [-0.39, 0.29) is 12.4 Å². The molecule has 1 amide bonds. The van der Waals surface area contributed by atoms with E-state index >= 15 is 0 Å². The summed E-state index contributed by atoms with van der Waals surface area (Å²) in [5.74, 6) is -0.115. The first-order valence-corrected chi connectivity index (χ1v) is 9.40. The number of hydrogen-bond donors (Lipinski definition) is 1. The molecule has 4 aromatic rings. The number of amides is 1. The molecular weight excluding hydrogens is 387 g/mol. The Balaban J connectivity index is 1.44. The van der Waals surface area contributed by atoms with Crippen LogP contribution in [0, 0.1) is 5.82 Å². The van der Waals surface area contributed by atoms with Gasteiger partial charge in [0.05, 0.1) is 12.3 Å². The van der Waals surface area contributed by atoms with Gasteiger partial charge < -0.3 is 14.8 Å². The first-order chi connectivity index (χ1) is 14.6. The van der Waals surface area contributed by atoms with Gasteiger partial charge in [0, 0.05) is 5.69 Å². The number of fused-ring (bicyclic) bond motifs is 1. The maximum Gasteiger partial charge on any atom is 0.262 e. The highest BCUT2D eigenvalue weighted by molar-refractivity contribution is 5.93. The van der Waals surface area contributed by atoms with Crippen LogP contribution in [0.1, 0.15) is 6.92 Å². The molecule has 0 unspecified atom stereocenters. The molecule has 7 nitrogen and oxygen atoms in total. The van der Waals surface area contributed by atoms with Crippen molar-refractivity contribution in [3.8, 4) is 17.2 Å². The molecule has 0 aliphatic carbocycles. The lowest BCUT2D eigenvalue weighted by Gasteiger charge is -2.08. The molecule has 8 heteroatoms. The molecule has 0 aliphatic rings. The molecule has 4 rings (SSSR count). The number of rotatable bonds is 7. The van der Waals surface area contributed by atoms with Gasteiger partial charge >= 0.3 is 0 Å². The summed E-state index contributed by atoms with van der Waals surface area (Å²) in [6.45, 7) is 2.22. The molecule has 1 N–H and O–H groups in total. The number of nitrogens with one attached hydrogen (secondary N) is 1. The van der Waals surface area contributed by atoms with Crippen molar-refractivity contribution < 1.29 is 18.7 Å². The molecule has 1 heterocycles. The van der Waals surface area contributed by atoms with Crippen LogP contribution in [-0.2, 0) is 4.79 Å². The van der Waals surface area contributed by atoms with Crippen LogP contribution in [0.3, 0.4) is 0 Å². The number of halogens is 1. The monoisotopic (exact) mass is 406 g/mol. The molecule has 0 saturated carbocycles. The van der Waals surface area contributed by atoms with Crippen molar-refractivity contribution in [1.82, 2.24) is 15.0 Å². The Morgan fingerprint density at radius 2 is 1.77 bits per heavy atom. The topological polar surface area (TPSA) is 78.3 Å². The molecule has 0 aliphatic heterocycles. The zero-order valence-corrected chi connectivity index (χ0v) is 16.2. The normalized spacial score (nSPS) is 10.7. The van der Waals surface area contributed by atoms with Crippen LogP contribution in [0.5, 0.6) is 11.5 Å². The minimum Gasteiger partial charge on any atom is -0.494 e. The number of ether oxygens (including phenoxy) is 2. The Labute approximate surface area is 172 Å². The number of benzene rings is 3. The van der Waals surface area contributed by atoms with E-state index in [0.717, 1.165) is 11.4 Å². The van der Waals surface area contributed by atoms with Crippen molar-refractivity contribution >= 4 is 22.6 Å². The highest BCUT2D eigenvalue weighted by Crippen LogP contribution is 2.20. The van der Waals surface area contributed by atoms with Crippen LogP contribution in [0.2, 0.25) is 0 Å². The molecule has 0 spiro atoms. The Hall–Kier alpha value is -3.94. The second-order valence-corrected chi connectivity index (χ2v) is 6.39. The fourth-order valence-electron chi connectivity index (χ4n) is 2.85. The first kappa shape index (κ1) is 19.4. The molecule has 0 fully saturated rings. The van der Waals surface area contributed by atoms with Crippen LogP contribution in [-0.4, -0.2) is 34.1 Å². The lowest BCUT2D eigenvalue weighted by Crippen LogP contribution is -2.20. The Morgan fingerprint density at radius 3 is 2.53 bits per heavy atom. The summed E-state index contributed by atoms with van der Waals surface area (Å²) in [7, 11) is 0. The Kier molecular flexibility index (Phi) is 5.56. The van der Waals surface area contributed by atoms with Gasteiger partial charge in [0.15, 0.2) is 18.2 Å². The maximum absolute atomic E-state index is 13.6. The number of nitrogens with zero attached hydrogens (tertiary/aromatic N) is 3.